The van der Waals surface area contributed by atoms with E-state index >= 15 is 0 Å². The summed E-state index contributed by atoms with van der Waals surface area (Å²) in [7, 11) is 0. The van der Waals surface area contributed by atoms with Crippen molar-refractivity contribution in [2.75, 3.05) is 5.73 Å². The molecule has 1 aromatic heterocycles. The zero-order chi connectivity index (χ0) is 14.1. The highest BCUT2D eigenvalue weighted by Crippen LogP contribution is 2.36. The van der Waals surface area contributed by atoms with Gasteiger partial charge in [-0.3, -0.25) is 0 Å². The molecule has 0 saturated carbocycles. The molecule has 0 radical (unpaired) electrons. The van der Waals surface area contributed by atoms with Crippen LogP contribution in [0, 0.1) is 0 Å². The lowest BCUT2D eigenvalue weighted by molar-refractivity contribution is -0.275. The molecule has 0 bridgehead atoms. The summed E-state index contributed by atoms with van der Waals surface area (Å²) in [6, 6.07) is 0.394. The third-order valence-corrected chi connectivity index (χ3v) is 1.78. The predicted octanol–water partition coefficient (Wildman–Crippen LogP) is 2.04. The number of halogens is 6. The van der Waals surface area contributed by atoms with Gasteiger partial charge in [0.05, 0.1) is 11.4 Å². The van der Waals surface area contributed by atoms with E-state index in [-0.39, 0.29) is 0 Å². The second kappa shape index (κ2) is 4.52. The van der Waals surface area contributed by atoms with Gasteiger partial charge in [0.15, 0.2) is 11.4 Å². The molecule has 1 aromatic rings. The quantitative estimate of drug-likeness (QED) is 0.810. The van der Waals surface area contributed by atoms with Crippen LogP contribution in [0.4, 0.5) is 32.0 Å². The predicted molar refractivity (Wildman–Crippen MR) is 48.2 cm³/mol. The van der Waals surface area contributed by atoms with E-state index in [9.17, 15) is 26.3 Å². The minimum absolute atomic E-state index is 0.394. The fourth-order valence-electron chi connectivity index (χ4n) is 1.13. The summed E-state index contributed by atoms with van der Waals surface area (Å²) in [6.07, 6.45) is -9.96. The molecule has 0 aliphatic carbocycles. The maximum absolute atomic E-state index is 12.4. The largest absolute Gasteiger partial charge is 0.573 e. The molecule has 0 aliphatic rings. The Balaban J connectivity index is 3.28. The van der Waals surface area contributed by atoms with Crippen molar-refractivity contribution in [2.45, 2.75) is 19.1 Å². The monoisotopic (exact) mass is 275 g/mol. The van der Waals surface area contributed by atoms with Crippen molar-refractivity contribution < 1.29 is 31.1 Å². The van der Waals surface area contributed by atoms with Crippen LogP contribution < -0.4 is 16.2 Å². The smallest absolute Gasteiger partial charge is 0.404 e. The first-order valence-electron chi connectivity index (χ1n) is 4.37. The Labute approximate surface area is 96.5 Å². The SMILES string of the molecule is NCc1nc(C(F)(F)F)c(N)cc1OC(F)(F)F. The van der Waals surface area contributed by atoms with E-state index in [2.05, 4.69) is 9.72 Å². The van der Waals surface area contributed by atoms with Crippen LogP contribution in [0.25, 0.3) is 0 Å². The van der Waals surface area contributed by atoms with Gasteiger partial charge in [0.2, 0.25) is 0 Å². The number of alkyl halides is 6. The van der Waals surface area contributed by atoms with Gasteiger partial charge in [0.25, 0.3) is 0 Å². The van der Waals surface area contributed by atoms with Crippen LogP contribution in [0.1, 0.15) is 11.4 Å². The molecule has 1 heterocycles. The molecule has 1 rings (SSSR count). The maximum Gasteiger partial charge on any atom is 0.573 e. The van der Waals surface area contributed by atoms with Gasteiger partial charge in [-0.25, -0.2) is 4.98 Å². The van der Waals surface area contributed by atoms with E-state index in [0.29, 0.717) is 6.07 Å². The molecular weight excluding hydrogens is 268 g/mol. The van der Waals surface area contributed by atoms with Crippen LogP contribution in [0.15, 0.2) is 6.07 Å². The first kappa shape index (κ1) is 14.4. The number of hydrogen-bond donors (Lipinski definition) is 2. The summed E-state index contributed by atoms with van der Waals surface area (Å²) < 4.78 is 76.6. The maximum atomic E-state index is 12.4. The van der Waals surface area contributed by atoms with Crippen molar-refractivity contribution >= 4 is 5.69 Å². The number of rotatable bonds is 2. The summed E-state index contributed by atoms with van der Waals surface area (Å²) in [6.45, 7) is -0.658. The zero-order valence-corrected chi connectivity index (χ0v) is 8.56. The van der Waals surface area contributed by atoms with E-state index in [1.807, 2.05) is 0 Å². The molecular formula is C8H7F6N3O. The van der Waals surface area contributed by atoms with Crippen molar-refractivity contribution in [3.63, 3.8) is 0 Å². The summed E-state index contributed by atoms with van der Waals surface area (Å²) in [4.78, 5) is 2.95. The minimum Gasteiger partial charge on any atom is -0.404 e. The Morgan fingerprint density at radius 2 is 1.72 bits per heavy atom. The van der Waals surface area contributed by atoms with E-state index in [0.717, 1.165) is 0 Å². The number of anilines is 1. The number of nitrogen functional groups attached to an aromatic ring is 1. The molecule has 0 spiro atoms. The van der Waals surface area contributed by atoms with Crippen molar-refractivity contribution in [3.8, 4) is 5.75 Å². The first-order chi connectivity index (χ1) is 8.04. The van der Waals surface area contributed by atoms with Crippen molar-refractivity contribution in [3.05, 3.63) is 17.5 Å². The van der Waals surface area contributed by atoms with Crippen molar-refractivity contribution in [2.24, 2.45) is 5.73 Å². The van der Waals surface area contributed by atoms with Crippen LogP contribution in [0.3, 0.4) is 0 Å². The molecule has 0 aromatic carbocycles. The lowest BCUT2D eigenvalue weighted by atomic mass is 10.2. The topological polar surface area (TPSA) is 74.2 Å². The fourth-order valence-corrected chi connectivity index (χ4v) is 1.13. The normalized spacial score (nSPS) is 12.6. The lowest BCUT2D eigenvalue weighted by Gasteiger charge is -2.15. The van der Waals surface area contributed by atoms with Crippen molar-refractivity contribution in [1.82, 2.24) is 4.98 Å². The highest BCUT2D eigenvalue weighted by molar-refractivity contribution is 5.51. The molecule has 0 atom stereocenters. The van der Waals surface area contributed by atoms with Crippen LogP contribution >= 0.6 is 0 Å². The molecule has 0 amide bonds. The molecule has 18 heavy (non-hydrogen) atoms. The standard InChI is InChI=1S/C8H7F6N3O/c9-7(10,11)6-3(16)1-5(4(2-15)17-6)18-8(12,13)14/h1H,2,15-16H2. The molecule has 10 heteroatoms. The fraction of sp³-hybridized carbons (Fsp3) is 0.375. The number of ether oxygens (including phenoxy) is 1. The van der Waals surface area contributed by atoms with Crippen molar-refractivity contribution in [1.29, 1.82) is 0 Å². The molecule has 4 nitrogen and oxygen atoms in total. The van der Waals surface area contributed by atoms with Gasteiger partial charge in [-0.1, -0.05) is 0 Å². The Morgan fingerprint density at radius 3 is 2.11 bits per heavy atom. The third-order valence-electron chi connectivity index (χ3n) is 1.78. The Morgan fingerprint density at radius 1 is 1.17 bits per heavy atom. The molecule has 0 saturated heterocycles. The Bertz CT molecular complexity index is 442. The van der Waals surface area contributed by atoms with E-state index in [1.165, 1.54) is 0 Å². The second-order valence-electron chi connectivity index (χ2n) is 3.12. The summed E-state index contributed by atoms with van der Waals surface area (Å²) in [5, 5.41) is 0. The lowest BCUT2D eigenvalue weighted by Crippen LogP contribution is -2.21. The van der Waals surface area contributed by atoms with E-state index < -0.39 is 41.9 Å². The van der Waals surface area contributed by atoms with Crippen LogP contribution in [0.2, 0.25) is 0 Å². The van der Waals surface area contributed by atoms with Gasteiger partial charge in [-0.2, -0.15) is 13.2 Å². The van der Waals surface area contributed by atoms with Gasteiger partial charge in [-0.05, 0) is 0 Å². The second-order valence-corrected chi connectivity index (χ2v) is 3.12. The van der Waals surface area contributed by atoms with Gasteiger partial charge in [0.1, 0.15) is 0 Å². The van der Waals surface area contributed by atoms with Gasteiger partial charge >= 0.3 is 12.5 Å². The minimum atomic E-state index is -5.07. The molecule has 0 fully saturated rings. The van der Waals surface area contributed by atoms with E-state index in [1.54, 1.807) is 0 Å². The number of hydrogen-bond acceptors (Lipinski definition) is 4. The first-order valence-corrected chi connectivity index (χ1v) is 4.37. The molecule has 0 aliphatic heterocycles. The van der Waals surface area contributed by atoms with E-state index in [4.69, 9.17) is 11.5 Å². The average Bonchev–Trinajstić information content (AvgIpc) is 2.13. The summed E-state index contributed by atoms with van der Waals surface area (Å²) in [5.41, 5.74) is 6.83. The number of aromatic nitrogens is 1. The summed E-state index contributed by atoms with van der Waals surface area (Å²) in [5.74, 6) is -0.949. The molecule has 102 valence electrons. The van der Waals surface area contributed by atoms with Crippen LogP contribution in [-0.2, 0) is 12.7 Å². The average molecular weight is 275 g/mol. The van der Waals surface area contributed by atoms with Gasteiger partial charge in [0, 0.05) is 12.6 Å². The number of nitrogens with zero attached hydrogens (tertiary/aromatic N) is 1. The Kier molecular flexibility index (Phi) is 3.60. The highest BCUT2D eigenvalue weighted by atomic mass is 19.4. The summed E-state index contributed by atoms with van der Waals surface area (Å²) >= 11 is 0. The van der Waals surface area contributed by atoms with Crippen LogP contribution in [0.5, 0.6) is 5.75 Å². The highest BCUT2D eigenvalue weighted by Gasteiger charge is 2.38. The Hall–Kier alpha value is -1.71. The van der Waals surface area contributed by atoms with Gasteiger partial charge in [-0.15, -0.1) is 13.2 Å². The molecule has 0 unspecified atom stereocenters. The number of pyridine rings is 1. The zero-order valence-electron chi connectivity index (χ0n) is 8.56. The third kappa shape index (κ3) is 3.39. The van der Waals surface area contributed by atoms with Gasteiger partial charge < -0.3 is 16.2 Å². The van der Waals surface area contributed by atoms with Crippen LogP contribution in [-0.4, -0.2) is 11.3 Å². The molecule has 4 N–H and O–H groups in total. The number of nitrogens with two attached hydrogens (primary N) is 2.